The second-order valence-corrected chi connectivity index (χ2v) is 3.54. The van der Waals surface area contributed by atoms with E-state index in [4.69, 9.17) is 32.2 Å². The fourth-order valence-electron chi connectivity index (χ4n) is 1.19. The Hall–Kier alpha value is -1.26. The van der Waals surface area contributed by atoms with Crippen molar-refractivity contribution in [3.8, 4) is 5.75 Å². The lowest BCUT2D eigenvalue weighted by atomic mass is 10.2. The van der Waals surface area contributed by atoms with E-state index in [1.807, 2.05) is 6.92 Å². The van der Waals surface area contributed by atoms with Gasteiger partial charge in [0.1, 0.15) is 18.2 Å². The summed E-state index contributed by atoms with van der Waals surface area (Å²) in [6, 6.07) is 4.98. The number of nitrogen functional groups attached to an aromatic ring is 1. The van der Waals surface area contributed by atoms with Crippen molar-refractivity contribution in [2.45, 2.75) is 6.92 Å². The Balaban J connectivity index is 2.68. The molecular weight excluding hydrogens is 228 g/mol. The number of rotatable bonds is 6. The molecule has 0 saturated heterocycles. The second-order valence-electron chi connectivity index (χ2n) is 3.10. The second kappa shape index (κ2) is 6.35. The van der Waals surface area contributed by atoms with Crippen LogP contribution in [-0.4, -0.2) is 25.7 Å². The summed E-state index contributed by atoms with van der Waals surface area (Å²) in [7, 11) is 0. The molecule has 0 aromatic heterocycles. The number of amidine groups is 1. The van der Waals surface area contributed by atoms with Gasteiger partial charge in [-0.1, -0.05) is 11.6 Å². The van der Waals surface area contributed by atoms with Crippen molar-refractivity contribution in [1.29, 1.82) is 5.41 Å². The van der Waals surface area contributed by atoms with E-state index in [0.717, 1.165) is 0 Å². The third-order valence-corrected chi connectivity index (χ3v) is 2.16. The van der Waals surface area contributed by atoms with Gasteiger partial charge >= 0.3 is 0 Å². The van der Waals surface area contributed by atoms with E-state index in [2.05, 4.69) is 0 Å². The molecule has 0 bridgehead atoms. The van der Waals surface area contributed by atoms with E-state index in [1.54, 1.807) is 18.2 Å². The molecule has 3 N–H and O–H groups in total. The number of nitrogens with two attached hydrogens (primary N) is 1. The van der Waals surface area contributed by atoms with Crippen LogP contribution in [0.2, 0.25) is 5.02 Å². The largest absolute Gasteiger partial charge is 0.490 e. The molecule has 0 atom stereocenters. The molecule has 0 amide bonds. The molecule has 0 spiro atoms. The molecule has 0 heterocycles. The zero-order valence-corrected chi connectivity index (χ0v) is 9.88. The fraction of sp³-hybridized carbons (Fsp3) is 0.364. The van der Waals surface area contributed by atoms with Crippen LogP contribution >= 0.6 is 11.6 Å². The molecule has 0 aliphatic rings. The average molecular weight is 243 g/mol. The van der Waals surface area contributed by atoms with Crippen LogP contribution in [-0.2, 0) is 4.74 Å². The predicted molar refractivity (Wildman–Crippen MR) is 64.5 cm³/mol. The summed E-state index contributed by atoms with van der Waals surface area (Å²) >= 11 is 5.84. The van der Waals surface area contributed by atoms with E-state index < -0.39 is 0 Å². The maximum Gasteiger partial charge on any atom is 0.131 e. The van der Waals surface area contributed by atoms with Gasteiger partial charge in [-0.25, -0.2) is 0 Å². The molecular formula is C11H15ClN2O2. The van der Waals surface area contributed by atoms with Crippen molar-refractivity contribution in [2.75, 3.05) is 19.8 Å². The van der Waals surface area contributed by atoms with Gasteiger partial charge in [0.15, 0.2) is 0 Å². The van der Waals surface area contributed by atoms with Crippen LogP contribution in [0.5, 0.6) is 5.75 Å². The third-order valence-electron chi connectivity index (χ3n) is 1.92. The minimum absolute atomic E-state index is 0.0388. The first kappa shape index (κ1) is 12.8. The van der Waals surface area contributed by atoms with E-state index >= 15 is 0 Å². The highest BCUT2D eigenvalue weighted by Gasteiger charge is 2.07. The summed E-state index contributed by atoms with van der Waals surface area (Å²) in [6.45, 7) is 3.48. The van der Waals surface area contributed by atoms with Crippen molar-refractivity contribution >= 4 is 17.4 Å². The summed E-state index contributed by atoms with van der Waals surface area (Å²) in [6.07, 6.45) is 0. The van der Waals surface area contributed by atoms with E-state index in [9.17, 15) is 0 Å². The highest BCUT2D eigenvalue weighted by molar-refractivity contribution is 6.30. The standard InChI is InChI=1S/C11H15ClN2O2/c1-2-15-5-6-16-10-7-8(12)3-4-9(10)11(13)14/h3-4,7H,2,5-6H2,1H3,(H3,13,14). The van der Waals surface area contributed by atoms with Crippen molar-refractivity contribution in [3.63, 3.8) is 0 Å². The van der Waals surface area contributed by atoms with Gasteiger partial charge in [0.05, 0.1) is 12.2 Å². The number of ether oxygens (including phenoxy) is 2. The van der Waals surface area contributed by atoms with Gasteiger partial charge in [-0.2, -0.15) is 0 Å². The molecule has 88 valence electrons. The third kappa shape index (κ3) is 3.72. The van der Waals surface area contributed by atoms with Gasteiger partial charge in [0.25, 0.3) is 0 Å². The van der Waals surface area contributed by atoms with Gasteiger partial charge in [0.2, 0.25) is 0 Å². The number of hydrogen-bond acceptors (Lipinski definition) is 3. The van der Waals surface area contributed by atoms with Crippen LogP contribution in [0.3, 0.4) is 0 Å². The molecule has 16 heavy (non-hydrogen) atoms. The lowest BCUT2D eigenvalue weighted by Crippen LogP contribution is -2.14. The van der Waals surface area contributed by atoms with Gasteiger partial charge < -0.3 is 15.2 Å². The monoisotopic (exact) mass is 242 g/mol. The van der Waals surface area contributed by atoms with Crippen LogP contribution < -0.4 is 10.5 Å². The van der Waals surface area contributed by atoms with Crippen LogP contribution in [0.4, 0.5) is 0 Å². The Morgan fingerprint density at radius 2 is 2.19 bits per heavy atom. The molecule has 1 aromatic carbocycles. The molecule has 0 radical (unpaired) electrons. The number of benzene rings is 1. The molecule has 0 saturated carbocycles. The fourth-order valence-corrected chi connectivity index (χ4v) is 1.36. The zero-order chi connectivity index (χ0) is 12.0. The first-order valence-corrected chi connectivity index (χ1v) is 5.37. The predicted octanol–water partition coefficient (Wildman–Crippen LogP) is 2.04. The van der Waals surface area contributed by atoms with Crippen LogP contribution in [0.25, 0.3) is 0 Å². The first-order chi connectivity index (χ1) is 7.65. The minimum atomic E-state index is -0.0388. The summed E-state index contributed by atoms with van der Waals surface area (Å²) in [4.78, 5) is 0. The summed E-state index contributed by atoms with van der Waals surface area (Å²) in [5.74, 6) is 0.475. The molecule has 1 rings (SSSR count). The maximum atomic E-state index is 7.39. The SMILES string of the molecule is CCOCCOc1cc(Cl)ccc1C(=N)N. The highest BCUT2D eigenvalue weighted by atomic mass is 35.5. The quantitative estimate of drug-likeness (QED) is 0.456. The molecule has 4 nitrogen and oxygen atoms in total. The first-order valence-electron chi connectivity index (χ1n) is 4.99. The summed E-state index contributed by atoms with van der Waals surface area (Å²) in [5, 5.41) is 7.94. The van der Waals surface area contributed by atoms with E-state index in [0.29, 0.717) is 36.2 Å². The smallest absolute Gasteiger partial charge is 0.131 e. The highest BCUT2D eigenvalue weighted by Crippen LogP contribution is 2.22. The van der Waals surface area contributed by atoms with Crippen LogP contribution in [0, 0.1) is 5.41 Å². The van der Waals surface area contributed by atoms with Crippen molar-refractivity contribution in [3.05, 3.63) is 28.8 Å². The van der Waals surface area contributed by atoms with Gasteiger partial charge in [0, 0.05) is 11.6 Å². The zero-order valence-electron chi connectivity index (χ0n) is 9.13. The molecule has 0 aliphatic heterocycles. The molecule has 0 unspecified atom stereocenters. The van der Waals surface area contributed by atoms with Crippen molar-refractivity contribution in [1.82, 2.24) is 0 Å². The molecule has 5 heteroatoms. The number of hydrogen-bond donors (Lipinski definition) is 2. The van der Waals surface area contributed by atoms with Gasteiger partial charge in [-0.05, 0) is 25.1 Å². The lowest BCUT2D eigenvalue weighted by molar-refractivity contribution is 0.110. The Labute approximate surface area is 99.8 Å². The Morgan fingerprint density at radius 1 is 1.44 bits per heavy atom. The Bertz CT molecular complexity index is 369. The van der Waals surface area contributed by atoms with E-state index in [1.165, 1.54) is 0 Å². The van der Waals surface area contributed by atoms with Gasteiger partial charge in [-0.3, -0.25) is 5.41 Å². The number of nitrogens with one attached hydrogen (secondary N) is 1. The Morgan fingerprint density at radius 3 is 2.81 bits per heavy atom. The maximum absolute atomic E-state index is 7.39. The van der Waals surface area contributed by atoms with Crippen molar-refractivity contribution < 1.29 is 9.47 Å². The average Bonchev–Trinajstić information content (AvgIpc) is 2.24. The summed E-state index contributed by atoms with van der Waals surface area (Å²) in [5.41, 5.74) is 5.97. The minimum Gasteiger partial charge on any atom is -0.490 e. The lowest BCUT2D eigenvalue weighted by Gasteiger charge is -2.10. The number of halogens is 1. The molecule has 1 aromatic rings. The van der Waals surface area contributed by atoms with Gasteiger partial charge in [-0.15, -0.1) is 0 Å². The summed E-state index contributed by atoms with van der Waals surface area (Å²) < 4.78 is 10.6. The van der Waals surface area contributed by atoms with Crippen LogP contribution in [0.1, 0.15) is 12.5 Å². The Kier molecular flexibility index (Phi) is 5.08. The molecule has 0 aliphatic carbocycles. The van der Waals surface area contributed by atoms with Crippen molar-refractivity contribution in [2.24, 2.45) is 5.73 Å². The molecule has 0 fully saturated rings. The van der Waals surface area contributed by atoms with Crippen LogP contribution in [0.15, 0.2) is 18.2 Å². The topological polar surface area (TPSA) is 68.3 Å². The normalized spacial score (nSPS) is 10.1. The van der Waals surface area contributed by atoms with E-state index in [-0.39, 0.29) is 5.84 Å².